The van der Waals surface area contributed by atoms with E-state index in [0.29, 0.717) is 37.0 Å². The van der Waals surface area contributed by atoms with Crippen molar-refractivity contribution in [3.05, 3.63) is 24.3 Å². The number of likely N-dealkylation sites (tertiary alicyclic amines) is 2. The highest BCUT2D eigenvalue weighted by Crippen LogP contribution is 2.44. The van der Waals surface area contributed by atoms with Crippen molar-refractivity contribution >= 4 is 17.7 Å². The summed E-state index contributed by atoms with van der Waals surface area (Å²) in [6, 6.07) is -0.374. The fraction of sp³-hybridized carbons (Fsp3) is 0.708. The lowest BCUT2D eigenvalue weighted by Gasteiger charge is -2.56. The van der Waals surface area contributed by atoms with Gasteiger partial charge in [-0.2, -0.15) is 0 Å². The minimum atomic E-state index is -0.430. The first-order valence-corrected chi connectivity index (χ1v) is 12.3. The third kappa shape index (κ3) is 3.21. The van der Waals surface area contributed by atoms with Crippen LogP contribution in [-0.4, -0.2) is 80.7 Å². The van der Waals surface area contributed by atoms with E-state index >= 15 is 0 Å². The summed E-state index contributed by atoms with van der Waals surface area (Å²) in [5, 5.41) is 0. The molecule has 0 radical (unpaired) electrons. The number of hydrogen-bond acceptors (Lipinski definition) is 5. The molecule has 8 heteroatoms. The van der Waals surface area contributed by atoms with Gasteiger partial charge in [-0.15, -0.1) is 0 Å². The Bertz CT molecular complexity index is 911. The Balaban J connectivity index is 1.29. The van der Waals surface area contributed by atoms with E-state index in [1.165, 1.54) is 31.7 Å². The number of amides is 3. The molecule has 32 heavy (non-hydrogen) atoms. The summed E-state index contributed by atoms with van der Waals surface area (Å²) in [6.07, 6.45) is 11.6. The SMILES string of the molecule is O=C(c1cnccn1)N1C[C@@H]2C[C@H](C1)[C@H](C(=O)N1C[C@H]3CCC[C@H]3C1)N1C(=O)CCC[C@@H]21. The zero-order valence-corrected chi connectivity index (χ0v) is 18.4. The van der Waals surface area contributed by atoms with Crippen LogP contribution in [0.2, 0.25) is 0 Å². The van der Waals surface area contributed by atoms with Gasteiger partial charge in [-0.1, -0.05) is 6.42 Å². The summed E-state index contributed by atoms with van der Waals surface area (Å²) in [5.41, 5.74) is 0.347. The average Bonchev–Trinajstić information content (AvgIpc) is 3.42. The monoisotopic (exact) mass is 437 g/mol. The van der Waals surface area contributed by atoms with Gasteiger partial charge in [0.1, 0.15) is 11.7 Å². The Hall–Kier alpha value is -2.51. The number of carbonyl (C=O) groups excluding carboxylic acids is 3. The van der Waals surface area contributed by atoms with Gasteiger partial charge < -0.3 is 14.7 Å². The van der Waals surface area contributed by atoms with Crippen LogP contribution in [0.3, 0.4) is 0 Å². The first-order chi connectivity index (χ1) is 15.6. The molecule has 6 atom stereocenters. The van der Waals surface area contributed by atoms with E-state index in [-0.39, 0.29) is 35.6 Å². The summed E-state index contributed by atoms with van der Waals surface area (Å²) >= 11 is 0. The molecule has 0 N–H and O–H groups in total. The van der Waals surface area contributed by atoms with Gasteiger partial charge in [0.05, 0.1) is 6.20 Å². The Morgan fingerprint density at radius 2 is 1.62 bits per heavy atom. The molecule has 0 aromatic carbocycles. The molecule has 1 saturated carbocycles. The molecular weight excluding hydrogens is 406 g/mol. The molecule has 0 spiro atoms. The van der Waals surface area contributed by atoms with Crippen molar-refractivity contribution in [1.29, 1.82) is 0 Å². The van der Waals surface area contributed by atoms with Crippen LogP contribution in [0.25, 0.3) is 0 Å². The van der Waals surface area contributed by atoms with Gasteiger partial charge in [0, 0.05) is 57.0 Å². The molecule has 1 aromatic heterocycles. The fourth-order valence-electron chi connectivity index (χ4n) is 7.31. The Morgan fingerprint density at radius 1 is 0.875 bits per heavy atom. The second-order valence-electron chi connectivity index (χ2n) is 10.5. The number of hydrogen-bond donors (Lipinski definition) is 0. The molecule has 8 nitrogen and oxygen atoms in total. The van der Waals surface area contributed by atoms with Crippen molar-refractivity contribution in [3.63, 3.8) is 0 Å². The smallest absolute Gasteiger partial charge is 0.274 e. The van der Waals surface area contributed by atoms with Gasteiger partial charge in [-0.05, 0) is 49.9 Å². The van der Waals surface area contributed by atoms with Crippen LogP contribution in [0.1, 0.15) is 55.4 Å². The van der Waals surface area contributed by atoms with Crippen LogP contribution in [0.15, 0.2) is 18.6 Å². The lowest BCUT2D eigenvalue weighted by Crippen LogP contribution is -2.68. The molecule has 5 heterocycles. The normalized spacial score (nSPS) is 36.1. The third-order valence-corrected chi connectivity index (χ3v) is 8.70. The highest BCUT2D eigenvalue weighted by Gasteiger charge is 2.54. The maximum absolute atomic E-state index is 13.9. The number of nitrogens with zero attached hydrogens (tertiary/aromatic N) is 5. The largest absolute Gasteiger partial charge is 0.340 e. The van der Waals surface area contributed by atoms with E-state index in [9.17, 15) is 14.4 Å². The van der Waals surface area contributed by atoms with Crippen LogP contribution in [-0.2, 0) is 9.59 Å². The standard InChI is InChI=1S/C24H31N5O3/c30-21-6-2-5-20-17-9-18(14-27(13-17)23(31)19-10-25-7-8-26-19)22(29(20)21)24(32)28-11-15-3-1-4-16(15)12-28/h7-8,10,15-18,20,22H,1-6,9,11-14H2/t15-,16+,17-,18+,20-,22+/m0/s1. The maximum atomic E-state index is 13.9. The summed E-state index contributed by atoms with van der Waals surface area (Å²) in [5.74, 6) is 1.60. The van der Waals surface area contributed by atoms with Crippen molar-refractivity contribution < 1.29 is 14.4 Å². The summed E-state index contributed by atoms with van der Waals surface area (Å²) < 4.78 is 0. The molecule has 5 fully saturated rings. The number of fused-ring (bicyclic) bond motifs is 5. The van der Waals surface area contributed by atoms with E-state index < -0.39 is 6.04 Å². The highest BCUT2D eigenvalue weighted by atomic mass is 16.2. The maximum Gasteiger partial charge on any atom is 0.274 e. The predicted molar refractivity (Wildman–Crippen MR) is 115 cm³/mol. The van der Waals surface area contributed by atoms with Crippen molar-refractivity contribution in [1.82, 2.24) is 24.7 Å². The van der Waals surface area contributed by atoms with Crippen LogP contribution in [0, 0.1) is 23.7 Å². The fourth-order valence-corrected chi connectivity index (χ4v) is 7.31. The van der Waals surface area contributed by atoms with Crippen molar-refractivity contribution in [3.8, 4) is 0 Å². The first-order valence-electron chi connectivity index (χ1n) is 12.3. The predicted octanol–water partition coefficient (Wildman–Crippen LogP) is 1.58. The van der Waals surface area contributed by atoms with Crippen molar-refractivity contribution in [2.45, 2.75) is 57.0 Å². The number of carbonyl (C=O) groups is 3. The topological polar surface area (TPSA) is 86.7 Å². The summed E-state index contributed by atoms with van der Waals surface area (Å²) in [7, 11) is 0. The van der Waals surface area contributed by atoms with Crippen molar-refractivity contribution in [2.75, 3.05) is 26.2 Å². The molecule has 5 aliphatic rings. The average molecular weight is 438 g/mol. The van der Waals surface area contributed by atoms with E-state index in [1.807, 2.05) is 14.7 Å². The molecule has 4 saturated heterocycles. The molecule has 0 unspecified atom stereocenters. The second-order valence-corrected chi connectivity index (χ2v) is 10.5. The summed E-state index contributed by atoms with van der Waals surface area (Å²) in [4.78, 5) is 54.2. The Kier molecular flexibility index (Phi) is 4.91. The summed E-state index contributed by atoms with van der Waals surface area (Å²) in [6.45, 7) is 2.80. The van der Waals surface area contributed by atoms with Crippen molar-refractivity contribution in [2.24, 2.45) is 23.7 Å². The van der Waals surface area contributed by atoms with Gasteiger partial charge >= 0.3 is 0 Å². The zero-order chi connectivity index (χ0) is 21.8. The van der Waals surface area contributed by atoms with Crippen LogP contribution >= 0.6 is 0 Å². The van der Waals surface area contributed by atoms with Gasteiger partial charge in [-0.3, -0.25) is 19.4 Å². The molecule has 4 aliphatic heterocycles. The van der Waals surface area contributed by atoms with Crippen LogP contribution in [0.4, 0.5) is 0 Å². The highest BCUT2D eigenvalue weighted by molar-refractivity contribution is 5.93. The van der Waals surface area contributed by atoms with Gasteiger partial charge in [0.2, 0.25) is 11.8 Å². The number of aromatic nitrogens is 2. The molecule has 1 aromatic rings. The van der Waals surface area contributed by atoms with Gasteiger partial charge in [0.25, 0.3) is 5.91 Å². The van der Waals surface area contributed by atoms with E-state index in [2.05, 4.69) is 9.97 Å². The second kappa shape index (κ2) is 7.81. The van der Waals surface area contributed by atoms with E-state index in [1.54, 1.807) is 6.20 Å². The lowest BCUT2D eigenvalue weighted by atomic mass is 9.71. The molecule has 3 amide bonds. The Morgan fingerprint density at radius 3 is 2.38 bits per heavy atom. The lowest BCUT2D eigenvalue weighted by molar-refractivity contribution is -0.163. The van der Waals surface area contributed by atoms with Crippen LogP contribution in [0.5, 0.6) is 0 Å². The third-order valence-electron chi connectivity index (χ3n) is 8.70. The molecule has 2 bridgehead atoms. The number of piperidine rings is 3. The molecule has 6 rings (SSSR count). The molecule has 170 valence electrons. The van der Waals surface area contributed by atoms with E-state index in [4.69, 9.17) is 0 Å². The first kappa shape index (κ1) is 20.1. The molecule has 1 aliphatic carbocycles. The minimum Gasteiger partial charge on any atom is -0.340 e. The zero-order valence-electron chi connectivity index (χ0n) is 18.4. The van der Waals surface area contributed by atoms with E-state index in [0.717, 1.165) is 32.4 Å². The van der Waals surface area contributed by atoms with Gasteiger partial charge in [-0.25, -0.2) is 4.98 Å². The Labute approximate surface area is 188 Å². The number of rotatable bonds is 2. The molecular formula is C24H31N5O3. The van der Waals surface area contributed by atoms with Gasteiger partial charge in [0.15, 0.2) is 0 Å². The van der Waals surface area contributed by atoms with Crippen LogP contribution < -0.4 is 0 Å². The minimum absolute atomic E-state index is 0.0133. The quantitative estimate of drug-likeness (QED) is 0.701.